The zero-order chi connectivity index (χ0) is 17.3. The fourth-order valence-corrected chi connectivity index (χ4v) is 2.24. The second kappa shape index (κ2) is 6.11. The van der Waals surface area contributed by atoms with Gasteiger partial charge in [-0.3, -0.25) is 14.9 Å². The van der Waals surface area contributed by atoms with Crippen molar-refractivity contribution in [2.75, 3.05) is 19.4 Å². The first kappa shape index (κ1) is 15.7. The molecule has 7 heteroatoms. The van der Waals surface area contributed by atoms with Crippen LogP contribution in [0.1, 0.15) is 20.7 Å². The Morgan fingerprint density at radius 2 is 1.75 bits per heavy atom. The number of hydrogen-bond donors (Lipinski definition) is 2. The molecule has 0 aliphatic carbocycles. The first-order valence-electron chi connectivity index (χ1n) is 7.22. The highest BCUT2D eigenvalue weighted by Gasteiger charge is 2.12. The number of amides is 2. The van der Waals surface area contributed by atoms with Crippen molar-refractivity contribution in [3.8, 4) is 0 Å². The number of aromatic amines is 1. The summed E-state index contributed by atoms with van der Waals surface area (Å²) < 4.78 is 13.2. The first-order valence-corrected chi connectivity index (χ1v) is 7.22. The summed E-state index contributed by atoms with van der Waals surface area (Å²) in [6, 6.07) is 10.4. The maximum Gasteiger partial charge on any atom is 0.257 e. The molecule has 0 aliphatic rings. The van der Waals surface area contributed by atoms with Gasteiger partial charge in [-0.25, -0.2) is 9.37 Å². The highest BCUT2D eigenvalue weighted by Crippen LogP contribution is 2.16. The number of imidazole rings is 1. The van der Waals surface area contributed by atoms with Crippen LogP contribution in [0.4, 0.5) is 10.3 Å². The maximum atomic E-state index is 13.2. The third-order valence-corrected chi connectivity index (χ3v) is 3.48. The average Bonchev–Trinajstić information content (AvgIpc) is 2.95. The Hall–Kier alpha value is -3.22. The van der Waals surface area contributed by atoms with E-state index in [1.54, 1.807) is 38.4 Å². The van der Waals surface area contributed by atoms with Gasteiger partial charge in [0.15, 0.2) is 0 Å². The fraction of sp³-hybridized carbons (Fsp3) is 0.118. The minimum atomic E-state index is -0.384. The van der Waals surface area contributed by atoms with Crippen molar-refractivity contribution in [3.63, 3.8) is 0 Å². The van der Waals surface area contributed by atoms with Crippen molar-refractivity contribution < 1.29 is 14.0 Å². The molecule has 3 aromatic rings. The molecule has 2 aromatic carbocycles. The molecule has 0 bridgehead atoms. The van der Waals surface area contributed by atoms with Gasteiger partial charge in [-0.05, 0) is 42.5 Å². The number of fused-ring (bicyclic) bond motifs is 1. The van der Waals surface area contributed by atoms with Gasteiger partial charge >= 0.3 is 0 Å². The molecule has 0 atom stereocenters. The molecule has 24 heavy (non-hydrogen) atoms. The number of anilines is 1. The topological polar surface area (TPSA) is 78.1 Å². The number of nitrogens with zero attached hydrogens (tertiary/aromatic N) is 2. The van der Waals surface area contributed by atoms with Gasteiger partial charge < -0.3 is 9.88 Å². The number of halogens is 1. The predicted octanol–water partition coefficient (Wildman–Crippen LogP) is 2.66. The molecule has 3 rings (SSSR count). The normalized spacial score (nSPS) is 10.6. The largest absolute Gasteiger partial charge is 0.345 e. The molecule has 1 heterocycles. The molecular formula is C17H15FN4O2. The summed E-state index contributed by atoms with van der Waals surface area (Å²) in [5, 5.41) is 2.62. The summed E-state index contributed by atoms with van der Waals surface area (Å²) in [4.78, 5) is 32.5. The van der Waals surface area contributed by atoms with Gasteiger partial charge in [0.25, 0.3) is 11.8 Å². The van der Waals surface area contributed by atoms with Gasteiger partial charge in [-0.2, -0.15) is 0 Å². The highest BCUT2D eigenvalue weighted by atomic mass is 19.1. The summed E-state index contributed by atoms with van der Waals surface area (Å²) in [6.07, 6.45) is 0. The Morgan fingerprint density at radius 1 is 1.08 bits per heavy atom. The van der Waals surface area contributed by atoms with Crippen LogP contribution < -0.4 is 5.32 Å². The lowest BCUT2D eigenvalue weighted by Gasteiger charge is -2.10. The lowest BCUT2D eigenvalue weighted by molar-refractivity contribution is 0.0827. The minimum absolute atomic E-state index is 0.138. The van der Waals surface area contributed by atoms with E-state index in [0.29, 0.717) is 22.2 Å². The summed E-state index contributed by atoms with van der Waals surface area (Å²) in [5.41, 5.74) is 1.93. The van der Waals surface area contributed by atoms with E-state index in [2.05, 4.69) is 15.3 Å². The molecule has 1 aromatic heterocycles. The third kappa shape index (κ3) is 3.10. The van der Waals surface area contributed by atoms with Gasteiger partial charge in [0.1, 0.15) is 5.82 Å². The number of H-pyrrole nitrogens is 1. The van der Waals surface area contributed by atoms with E-state index in [4.69, 9.17) is 0 Å². The Labute approximate surface area is 137 Å². The fourth-order valence-electron chi connectivity index (χ4n) is 2.24. The van der Waals surface area contributed by atoms with Gasteiger partial charge in [-0.1, -0.05) is 0 Å². The van der Waals surface area contributed by atoms with Crippen LogP contribution in [0.5, 0.6) is 0 Å². The van der Waals surface area contributed by atoms with Crippen LogP contribution in [0.15, 0.2) is 42.5 Å². The molecule has 2 amide bonds. The van der Waals surface area contributed by atoms with Crippen LogP contribution in [0.2, 0.25) is 0 Å². The van der Waals surface area contributed by atoms with Crippen LogP contribution in [-0.4, -0.2) is 40.8 Å². The summed E-state index contributed by atoms with van der Waals surface area (Å²) in [7, 11) is 3.32. The minimum Gasteiger partial charge on any atom is -0.345 e. The smallest absolute Gasteiger partial charge is 0.257 e. The maximum absolute atomic E-state index is 13.2. The number of benzene rings is 2. The number of hydrogen-bond acceptors (Lipinski definition) is 3. The van der Waals surface area contributed by atoms with Crippen molar-refractivity contribution in [2.45, 2.75) is 0 Å². The number of carbonyl (C=O) groups is 2. The van der Waals surface area contributed by atoms with Crippen molar-refractivity contribution in [1.82, 2.24) is 14.9 Å². The summed E-state index contributed by atoms with van der Waals surface area (Å²) >= 11 is 0. The molecule has 0 unspecified atom stereocenters. The third-order valence-electron chi connectivity index (χ3n) is 3.48. The monoisotopic (exact) mass is 326 g/mol. The van der Waals surface area contributed by atoms with Gasteiger partial charge in [0, 0.05) is 25.2 Å². The van der Waals surface area contributed by atoms with E-state index >= 15 is 0 Å². The molecule has 0 radical (unpaired) electrons. The summed E-state index contributed by atoms with van der Waals surface area (Å²) in [6.45, 7) is 0. The second-order valence-corrected chi connectivity index (χ2v) is 5.48. The predicted molar refractivity (Wildman–Crippen MR) is 88.5 cm³/mol. The van der Waals surface area contributed by atoms with Crippen LogP contribution in [-0.2, 0) is 0 Å². The SMILES string of the molecule is CN(C)C(=O)c1ccc(C(=O)Nc2nc3ccc(F)cc3[nH]2)cc1. The Kier molecular flexibility index (Phi) is 3.99. The van der Waals surface area contributed by atoms with Crippen molar-refractivity contribution in [3.05, 3.63) is 59.4 Å². The molecule has 6 nitrogen and oxygen atoms in total. The van der Waals surface area contributed by atoms with Crippen molar-refractivity contribution in [2.24, 2.45) is 0 Å². The molecular weight excluding hydrogens is 311 g/mol. The van der Waals surface area contributed by atoms with Crippen LogP contribution in [0.3, 0.4) is 0 Å². The molecule has 0 fully saturated rings. The summed E-state index contributed by atoms with van der Waals surface area (Å²) in [5.74, 6) is -0.668. The zero-order valence-electron chi connectivity index (χ0n) is 13.1. The van der Waals surface area contributed by atoms with E-state index in [0.717, 1.165) is 0 Å². The molecule has 0 spiro atoms. The second-order valence-electron chi connectivity index (χ2n) is 5.48. The number of nitrogens with one attached hydrogen (secondary N) is 2. The average molecular weight is 326 g/mol. The Bertz CT molecular complexity index is 916. The van der Waals surface area contributed by atoms with Gasteiger partial charge in [-0.15, -0.1) is 0 Å². The standard InChI is InChI=1S/C17H15FN4O2/c1-22(2)16(24)11-5-3-10(4-6-11)15(23)21-17-19-13-8-7-12(18)9-14(13)20-17/h3-9H,1-2H3,(H2,19,20,21,23). The van der Waals surface area contributed by atoms with Crippen LogP contribution in [0, 0.1) is 5.82 Å². The van der Waals surface area contributed by atoms with E-state index in [1.807, 2.05) is 0 Å². The highest BCUT2D eigenvalue weighted by molar-refractivity contribution is 6.04. The lowest BCUT2D eigenvalue weighted by atomic mass is 10.1. The first-order chi connectivity index (χ1) is 11.4. The zero-order valence-corrected chi connectivity index (χ0v) is 13.1. The molecule has 0 aliphatic heterocycles. The van der Waals surface area contributed by atoms with Crippen molar-refractivity contribution >= 4 is 28.8 Å². The van der Waals surface area contributed by atoms with Crippen molar-refractivity contribution in [1.29, 1.82) is 0 Å². The molecule has 2 N–H and O–H groups in total. The number of aromatic nitrogens is 2. The molecule has 122 valence electrons. The number of carbonyl (C=O) groups excluding carboxylic acids is 2. The quantitative estimate of drug-likeness (QED) is 0.777. The van der Waals surface area contributed by atoms with Crippen LogP contribution in [0.25, 0.3) is 11.0 Å². The molecule has 0 saturated carbocycles. The van der Waals surface area contributed by atoms with Gasteiger partial charge in [0.2, 0.25) is 5.95 Å². The van der Waals surface area contributed by atoms with Gasteiger partial charge in [0.05, 0.1) is 11.0 Å². The number of rotatable bonds is 3. The van der Waals surface area contributed by atoms with E-state index in [-0.39, 0.29) is 23.6 Å². The lowest BCUT2D eigenvalue weighted by Crippen LogP contribution is -2.21. The van der Waals surface area contributed by atoms with E-state index < -0.39 is 0 Å². The van der Waals surface area contributed by atoms with Crippen LogP contribution >= 0.6 is 0 Å². The van der Waals surface area contributed by atoms with E-state index in [9.17, 15) is 14.0 Å². The Balaban J connectivity index is 1.77. The Morgan fingerprint density at radius 3 is 2.42 bits per heavy atom. The molecule has 0 saturated heterocycles. The van der Waals surface area contributed by atoms with E-state index in [1.165, 1.54) is 23.1 Å².